The lowest BCUT2D eigenvalue weighted by atomic mass is 9.97. The molecule has 0 radical (unpaired) electrons. The first kappa shape index (κ1) is 21.0. The van der Waals surface area contributed by atoms with Crippen molar-refractivity contribution in [3.63, 3.8) is 0 Å². The zero-order valence-corrected chi connectivity index (χ0v) is 17.8. The Morgan fingerprint density at radius 3 is 2.65 bits per heavy atom. The van der Waals surface area contributed by atoms with E-state index in [1.165, 1.54) is 5.01 Å². The number of amides is 1. The lowest BCUT2D eigenvalue weighted by Crippen LogP contribution is -2.27. The minimum atomic E-state index is -0.920. The van der Waals surface area contributed by atoms with Gasteiger partial charge in [-0.15, -0.1) is 0 Å². The van der Waals surface area contributed by atoms with Gasteiger partial charge in [0.2, 0.25) is 5.91 Å². The topological polar surface area (TPSA) is 82.9 Å². The zero-order chi connectivity index (χ0) is 22.0. The van der Waals surface area contributed by atoms with E-state index in [4.69, 9.17) is 16.7 Å². The Morgan fingerprint density at radius 2 is 1.90 bits per heavy atom. The van der Waals surface area contributed by atoms with E-state index in [2.05, 4.69) is 10.1 Å². The molecule has 0 spiro atoms. The van der Waals surface area contributed by atoms with Crippen molar-refractivity contribution in [2.24, 2.45) is 5.10 Å². The van der Waals surface area contributed by atoms with Crippen molar-refractivity contribution < 1.29 is 14.7 Å². The summed E-state index contributed by atoms with van der Waals surface area (Å²) in [5, 5.41) is 16.3. The number of aromatic nitrogens is 1. The number of pyridine rings is 1. The predicted molar refractivity (Wildman–Crippen MR) is 120 cm³/mol. The highest BCUT2D eigenvalue weighted by molar-refractivity contribution is 6.30. The van der Waals surface area contributed by atoms with Gasteiger partial charge in [-0.2, -0.15) is 5.10 Å². The molecule has 4 rings (SSSR count). The fourth-order valence-electron chi connectivity index (χ4n) is 3.87. The van der Waals surface area contributed by atoms with Crippen LogP contribution in [0.2, 0.25) is 5.15 Å². The molecule has 1 aromatic heterocycles. The Labute approximate surface area is 185 Å². The van der Waals surface area contributed by atoms with Crippen LogP contribution in [0.15, 0.2) is 59.7 Å². The maximum atomic E-state index is 13.0. The summed E-state index contributed by atoms with van der Waals surface area (Å²) in [7, 11) is 0. The van der Waals surface area contributed by atoms with E-state index in [9.17, 15) is 9.59 Å². The molecule has 0 saturated carbocycles. The van der Waals surface area contributed by atoms with Crippen LogP contribution in [0.5, 0.6) is 0 Å². The average Bonchev–Trinajstić information content (AvgIpc) is 3.20. The van der Waals surface area contributed by atoms with Gasteiger partial charge in [0, 0.05) is 30.2 Å². The second-order valence-corrected chi connectivity index (χ2v) is 7.99. The Balaban J connectivity index is 1.71. The number of hydrazone groups is 1. The standard InChI is InChI=1S/C24H22ClN3O3/c1-15-7-5-10-17-13-18(24(25)26-23(15)17)20-14-19(16-8-3-2-4-9-16)27-28(20)21(29)11-6-12-22(30)31/h2-5,7-10,13,20H,6,11-12,14H2,1H3,(H,30,31)/t20-/m1/s1. The van der Waals surface area contributed by atoms with E-state index in [0.717, 1.165) is 33.3 Å². The molecule has 1 N–H and O–H groups in total. The molecule has 0 aliphatic carbocycles. The number of nitrogens with zero attached hydrogens (tertiary/aromatic N) is 3. The van der Waals surface area contributed by atoms with Gasteiger partial charge in [-0.25, -0.2) is 9.99 Å². The third-order valence-corrected chi connectivity index (χ3v) is 5.74. The molecule has 2 heterocycles. The highest BCUT2D eigenvalue weighted by Crippen LogP contribution is 2.38. The fraction of sp³-hybridized carbons (Fsp3) is 0.250. The van der Waals surface area contributed by atoms with Crippen LogP contribution in [0.25, 0.3) is 10.9 Å². The number of carboxylic acid groups (broad SMARTS) is 1. The van der Waals surface area contributed by atoms with Gasteiger partial charge in [0.25, 0.3) is 0 Å². The summed E-state index contributed by atoms with van der Waals surface area (Å²) >= 11 is 6.59. The van der Waals surface area contributed by atoms with Crippen LogP contribution >= 0.6 is 11.6 Å². The Morgan fingerprint density at radius 1 is 1.13 bits per heavy atom. The SMILES string of the molecule is Cc1cccc2cc([C@H]3CC(c4ccccc4)=NN3C(=O)CCCC(=O)O)c(Cl)nc12. The first-order chi connectivity index (χ1) is 14.9. The lowest BCUT2D eigenvalue weighted by Gasteiger charge is -2.23. The number of hydrogen-bond acceptors (Lipinski definition) is 4. The number of carbonyl (C=O) groups is 2. The van der Waals surface area contributed by atoms with Crippen molar-refractivity contribution in [2.45, 2.75) is 38.6 Å². The van der Waals surface area contributed by atoms with Crippen LogP contribution in [0, 0.1) is 6.92 Å². The highest BCUT2D eigenvalue weighted by Gasteiger charge is 2.34. The molecule has 1 atom stereocenters. The van der Waals surface area contributed by atoms with Crippen LogP contribution < -0.4 is 0 Å². The molecular weight excluding hydrogens is 414 g/mol. The van der Waals surface area contributed by atoms with Gasteiger partial charge in [-0.3, -0.25) is 9.59 Å². The first-order valence-electron chi connectivity index (χ1n) is 10.2. The number of aryl methyl sites for hydroxylation is 1. The normalized spacial score (nSPS) is 15.9. The molecule has 1 aliphatic rings. The first-order valence-corrected chi connectivity index (χ1v) is 10.5. The van der Waals surface area contributed by atoms with Crippen LogP contribution in [0.1, 0.15) is 48.4 Å². The number of carbonyl (C=O) groups excluding carboxylic acids is 1. The second kappa shape index (κ2) is 8.86. The summed E-state index contributed by atoms with van der Waals surface area (Å²) in [5.74, 6) is -1.14. The van der Waals surface area contributed by atoms with Crippen LogP contribution in [-0.2, 0) is 9.59 Å². The third kappa shape index (κ3) is 4.44. The number of fused-ring (bicyclic) bond motifs is 1. The highest BCUT2D eigenvalue weighted by atomic mass is 35.5. The molecule has 7 heteroatoms. The number of aliphatic carboxylic acids is 1. The van der Waals surface area contributed by atoms with Gasteiger partial charge in [0.1, 0.15) is 5.15 Å². The summed E-state index contributed by atoms with van der Waals surface area (Å²) in [4.78, 5) is 28.4. The zero-order valence-electron chi connectivity index (χ0n) is 17.1. The summed E-state index contributed by atoms with van der Waals surface area (Å²) in [6.45, 7) is 1.98. The van der Waals surface area contributed by atoms with E-state index in [1.807, 2.05) is 61.5 Å². The van der Waals surface area contributed by atoms with Crippen molar-refractivity contribution in [1.29, 1.82) is 0 Å². The summed E-state index contributed by atoms with van der Waals surface area (Å²) in [5.41, 5.74) is 4.32. The van der Waals surface area contributed by atoms with E-state index < -0.39 is 12.0 Å². The molecule has 3 aromatic rings. The van der Waals surface area contributed by atoms with Crippen molar-refractivity contribution in [3.05, 3.63) is 76.4 Å². The Hall–Kier alpha value is -3.25. The van der Waals surface area contributed by atoms with Crippen molar-refractivity contribution in [1.82, 2.24) is 9.99 Å². The minimum Gasteiger partial charge on any atom is -0.481 e. The number of hydrogen-bond donors (Lipinski definition) is 1. The summed E-state index contributed by atoms with van der Waals surface area (Å²) < 4.78 is 0. The van der Waals surface area contributed by atoms with Crippen molar-refractivity contribution >= 4 is 40.1 Å². The number of halogens is 1. The molecule has 1 aliphatic heterocycles. The average molecular weight is 436 g/mol. The van der Waals surface area contributed by atoms with E-state index in [-0.39, 0.29) is 25.2 Å². The number of carboxylic acids is 1. The molecule has 158 valence electrons. The Kier molecular flexibility index (Phi) is 6.00. The van der Waals surface area contributed by atoms with Crippen LogP contribution in [0.4, 0.5) is 0 Å². The van der Waals surface area contributed by atoms with Gasteiger partial charge >= 0.3 is 5.97 Å². The minimum absolute atomic E-state index is 0.0585. The maximum absolute atomic E-state index is 13.0. The summed E-state index contributed by atoms with van der Waals surface area (Å²) in [6.07, 6.45) is 0.813. The van der Waals surface area contributed by atoms with Gasteiger partial charge in [0.15, 0.2) is 0 Å². The second-order valence-electron chi connectivity index (χ2n) is 7.63. The molecule has 2 aromatic carbocycles. The van der Waals surface area contributed by atoms with Crippen LogP contribution in [-0.4, -0.2) is 32.7 Å². The van der Waals surface area contributed by atoms with E-state index in [0.29, 0.717) is 11.6 Å². The largest absolute Gasteiger partial charge is 0.481 e. The van der Waals surface area contributed by atoms with Gasteiger partial charge in [-0.1, -0.05) is 60.1 Å². The fourth-order valence-corrected chi connectivity index (χ4v) is 4.13. The van der Waals surface area contributed by atoms with Gasteiger partial charge in [0.05, 0.1) is 17.3 Å². The Bertz CT molecular complexity index is 1180. The molecule has 6 nitrogen and oxygen atoms in total. The lowest BCUT2D eigenvalue weighted by molar-refractivity contribution is -0.137. The van der Waals surface area contributed by atoms with E-state index in [1.54, 1.807) is 0 Å². The monoisotopic (exact) mass is 435 g/mol. The quantitative estimate of drug-likeness (QED) is 0.544. The molecule has 1 amide bonds. The van der Waals surface area contributed by atoms with E-state index >= 15 is 0 Å². The molecular formula is C24H22ClN3O3. The maximum Gasteiger partial charge on any atom is 0.303 e. The molecule has 0 fully saturated rings. The number of para-hydroxylation sites is 1. The van der Waals surface area contributed by atoms with Gasteiger partial charge < -0.3 is 5.11 Å². The molecule has 0 bridgehead atoms. The summed E-state index contributed by atoms with van der Waals surface area (Å²) in [6, 6.07) is 17.2. The molecule has 0 unspecified atom stereocenters. The molecule has 31 heavy (non-hydrogen) atoms. The van der Waals surface area contributed by atoms with Crippen LogP contribution in [0.3, 0.4) is 0 Å². The third-order valence-electron chi connectivity index (χ3n) is 5.44. The van der Waals surface area contributed by atoms with Gasteiger partial charge in [-0.05, 0) is 30.5 Å². The van der Waals surface area contributed by atoms with Crippen molar-refractivity contribution in [2.75, 3.05) is 0 Å². The number of rotatable bonds is 6. The molecule has 0 saturated heterocycles. The van der Waals surface area contributed by atoms with Crippen molar-refractivity contribution in [3.8, 4) is 0 Å². The predicted octanol–water partition coefficient (Wildman–Crippen LogP) is 5.13. The number of benzene rings is 2. The smallest absolute Gasteiger partial charge is 0.303 e.